The number of hydrogen-bond donors (Lipinski definition) is 1. The smallest absolute Gasteiger partial charge is 0.261 e. The molecule has 0 bridgehead atoms. The zero-order valence-electron chi connectivity index (χ0n) is 16.3. The minimum atomic E-state index is -0.140. The third-order valence-corrected chi connectivity index (χ3v) is 6.82. The molecule has 1 aromatic heterocycles. The largest absolute Gasteiger partial charge is 0.349 e. The molecule has 6 heteroatoms. The van der Waals surface area contributed by atoms with E-state index in [9.17, 15) is 9.59 Å². The van der Waals surface area contributed by atoms with Gasteiger partial charge in [-0.1, -0.05) is 49.2 Å². The lowest BCUT2D eigenvalue weighted by atomic mass is 9.93. The molecular formula is C23H25N3O2S. The highest BCUT2D eigenvalue weighted by atomic mass is 32.2. The summed E-state index contributed by atoms with van der Waals surface area (Å²) in [7, 11) is 0. The van der Waals surface area contributed by atoms with Crippen LogP contribution in [0.4, 0.5) is 0 Å². The molecule has 0 spiro atoms. The van der Waals surface area contributed by atoms with Crippen molar-refractivity contribution in [1.82, 2.24) is 15.2 Å². The topological polar surface area (TPSA) is 62.3 Å². The maximum atomic E-state index is 13.2. The van der Waals surface area contributed by atoms with Crippen LogP contribution < -0.4 is 5.32 Å². The molecule has 1 aliphatic heterocycles. The molecule has 2 aliphatic rings. The Bertz CT molecular complexity index is 886. The Hall–Kier alpha value is -2.60. The summed E-state index contributed by atoms with van der Waals surface area (Å²) in [6, 6.07) is 15.7. The standard InChI is InChI=1S/C23H25N3O2S/c27-22(25-15-18-10-6-7-13-24-18)16-26-19-11-4-5-12-20(19)29-21(23(26)28)14-17-8-2-1-3-9-17/h1-3,6-10,13-14,19-20H,4-5,11-12,15-16H2,(H,25,27)/b21-14-. The van der Waals surface area contributed by atoms with Crippen molar-refractivity contribution in [2.24, 2.45) is 0 Å². The van der Waals surface area contributed by atoms with E-state index < -0.39 is 0 Å². The molecule has 5 nitrogen and oxygen atoms in total. The summed E-state index contributed by atoms with van der Waals surface area (Å²) in [5, 5.41) is 3.27. The molecule has 2 aromatic rings. The van der Waals surface area contributed by atoms with E-state index in [1.165, 1.54) is 6.42 Å². The normalized spacial score (nSPS) is 23.0. The van der Waals surface area contributed by atoms with Crippen LogP contribution in [0, 0.1) is 0 Å². The summed E-state index contributed by atoms with van der Waals surface area (Å²) in [6.07, 6.45) is 8.01. The minimum absolute atomic E-state index is 0.0324. The molecule has 2 atom stereocenters. The Labute approximate surface area is 175 Å². The first-order valence-corrected chi connectivity index (χ1v) is 11.0. The van der Waals surface area contributed by atoms with Crippen LogP contribution >= 0.6 is 11.8 Å². The zero-order chi connectivity index (χ0) is 20.1. The fourth-order valence-corrected chi connectivity index (χ4v) is 5.44. The molecule has 2 fully saturated rings. The fourth-order valence-electron chi connectivity index (χ4n) is 3.96. The molecule has 1 saturated carbocycles. The average molecular weight is 408 g/mol. The van der Waals surface area contributed by atoms with Gasteiger partial charge in [0.05, 0.1) is 17.1 Å². The second-order valence-corrected chi connectivity index (χ2v) is 8.74. The first kappa shape index (κ1) is 19.7. The van der Waals surface area contributed by atoms with Gasteiger partial charge in [0.15, 0.2) is 0 Å². The minimum Gasteiger partial charge on any atom is -0.349 e. The summed E-state index contributed by atoms with van der Waals surface area (Å²) in [6.45, 7) is 0.469. The van der Waals surface area contributed by atoms with Crippen LogP contribution in [0.15, 0.2) is 59.6 Å². The second-order valence-electron chi connectivity index (χ2n) is 7.46. The quantitative estimate of drug-likeness (QED) is 0.769. The van der Waals surface area contributed by atoms with Gasteiger partial charge in [-0.2, -0.15) is 0 Å². The van der Waals surface area contributed by atoms with Gasteiger partial charge in [0, 0.05) is 17.5 Å². The predicted molar refractivity (Wildman–Crippen MR) is 116 cm³/mol. The highest BCUT2D eigenvalue weighted by Crippen LogP contribution is 2.42. The van der Waals surface area contributed by atoms with Crippen LogP contribution in [0.25, 0.3) is 6.08 Å². The summed E-state index contributed by atoms with van der Waals surface area (Å²) < 4.78 is 0. The number of fused-ring (bicyclic) bond motifs is 1. The number of nitrogens with one attached hydrogen (secondary N) is 1. The molecule has 0 radical (unpaired) electrons. The molecule has 2 heterocycles. The molecule has 1 saturated heterocycles. The first-order chi connectivity index (χ1) is 14.2. The number of rotatable bonds is 5. The van der Waals surface area contributed by atoms with E-state index in [2.05, 4.69) is 10.3 Å². The van der Waals surface area contributed by atoms with Gasteiger partial charge in [-0.25, -0.2) is 0 Å². The second kappa shape index (κ2) is 9.27. The van der Waals surface area contributed by atoms with Crippen molar-refractivity contribution < 1.29 is 9.59 Å². The zero-order valence-corrected chi connectivity index (χ0v) is 17.1. The summed E-state index contributed by atoms with van der Waals surface area (Å²) in [4.78, 5) is 32.6. The Kier molecular flexibility index (Phi) is 6.30. The Morgan fingerprint density at radius 1 is 1.14 bits per heavy atom. The van der Waals surface area contributed by atoms with E-state index in [1.54, 1.807) is 22.9 Å². The van der Waals surface area contributed by atoms with E-state index in [4.69, 9.17) is 0 Å². The van der Waals surface area contributed by atoms with Crippen molar-refractivity contribution in [3.63, 3.8) is 0 Å². The number of hydrogen-bond acceptors (Lipinski definition) is 4. The number of aromatic nitrogens is 1. The molecular weight excluding hydrogens is 382 g/mol. The average Bonchev–Trinajstić information content (AvgIpc) is 2.76. The van der Waals surface area contributed by atoms with Crippen molar-refractivity contribution in [3.05, 3.63) is 70.9 Å². The summed E-state index contributed by atoms with van der Waals surface area (Å²) >= 11 is 1.69. The predicted octanol–water partition coefficient (Wildman–Crippen LogP) is 3.63. The van der Waals surface area contributed by atoms with E-state index in [0.29, 0.717) is 11.8 Å². The number of carbonyl (C=O) groups is 2. The van der Waals surface area contributed by atoms with E-state index in [-0.39, 0.29) is 24.4 Å². The van der Waals surface area contributed by atoms with Crippen LogP contribution in [-0.2, 0) is 16.1 Å². The SMILES string of the molecule is O=C(CN1C(=O)/C(=C/c2ccccc2)SC2CCCCC21)NCc1ccccn1. The third-order valence-electron chi connectivity index (χ3n) is 5.42. The van der Waals surface area contributed by atoms with Gasteiger partial charge in [-0.15, -0.1) is 11.8 Å². The van der Waals surface area contributed by atoms with E-state index in [0.717, 1.165) is 35.4 Å². The lowest BCUT2D eigenvalue weighted by Crippen LogP contribution is -2.54. The van der Waals surface area contributed by atoms with Crippen LogP contribution in [0.3, 0.4) is 0 Å². The van der Waals surface area contributed by atoms with Crippen LogP contribution in [0.2, 0.25) is 0 Å². The van der Waals surface area contributed by atoms with Gasteiger partial charge < -0.3 is 10.2 Å². The first-order valence-electron chi connectivity index (χ1n) is 10.1. The number of benzene rings is 1. The Morgan fingerprint density at radius 3 is 2.72 bits per heavy atom. The van der Waals surface area contributed by atoms with Gasteiger partial charge >= 0.3 is 0 Å². The van der Waals surface area contributed by atoms with Crippen LogP contribution in [0.1, 0.15) is 36.9 Å². The lowest BCUT2D eigenvalue weighted by molar-refractivity contribution is -0.135. The van der Waals surface area contributed by atoms with Gasteiger partial charge in [0.1, 0.15) is 6.54 Å². The van der Waals surface area contributed by atoms with E-state index >= 15 is 0 Å². The van der Waals surface area contributed by atoms with Crippen molar-refractivity contribution in [2.45, 2.75) is 43.5 Å². The lowest BCUT2D eigenvalue weighted by Gasteiger charge is -2.43. The van der Waals surface area contributed by atoms with Gasteiger partial charge in [0.2, 0.25) is 5.91 Å². The monoisotopic (exact) mass is 407 g/mol. The molecule has 1 aromatic carbocycles. The fraction of sp³-hybridized carbons (Fsp3) is 0.348. The van der Waals surface area contributed by atoms with Crippen LogP contribution in [-0.4, -0.2) is 39.5 Å². The molecule has 29 heavy (non-hydrogen) atoms. The highest BCUT2D eigenvalue weighted by molar-refractivity contribution is 8.04. The highest BCUT2D eigenvalue weighted by Gasteiger charge is 2.41. The van der Waals surface area contributed by atoms with Gasteiger partial charge in [-0.3, -0.25) is 14.6 Å². The molecule has 2 amide bonds. The number of pyridine rings is 1. The maximum Gasteiger partial charge on any atom is 0.261 e. The van der Waals surface area contributed by atoms with Gasteiger partial charge in [0.25, 0.3) is 5.91 Å². The van der Waals surface area contributed by atoms with Crippen molar-refractivity contribution in [3.8, 4) is 0 Å². The third kappa shape index (κ3) is 4.88. The van der Waals surface area contributed by atoms with Crippen molar-refractivity contribution in [1.29, 1.82) is 0 Å². The Morgan fingerprint density at radius 2 is 1.93 bits per heavy atom. The van der Waals surface area contributed by atoms with Crippen molar-refractivity contribution >= 4 is 29.7 Å². The van der Waals surface area contributed by atoms with Gasteiger partial charge in [-0.05, 0) is 36.6 Å². The number of carbonyl (C=O) groups excluding carboxylic acids is 2. The Balaban J connectivity index is 1.48. The number of thioether (sulfide) groups is 1. The molecule has 1 aliphatic carbocycles. The van der Waals surface area contributed by atoms with Crippen molar-refractivity contribution in [2.75, 3.05) is 6.54 Å². The molecule has 1 N–H and O–H groups in total. The summed E-state index contributed by atoms with van der Waals surface area (Å²) in [5.74, 6) is -0.172. The number of amides is 2. The van der Waals surface area contributed by atoms with Crippen LogP contribution in [0.5, 0.6) is 0 Å². The van der Waals surface area contributed by atoms with E-state index in [1.807, 2.05) is 54.6 Å². The number of nitrogens with zero attached hydrogens (tertiary/aromatic N) is 2. The molecule has 2 unspecified atom stereocenters. The maximum absolute atomic E-state index is 13.2. The summed E-state index contributed by atoms with van der Waals surface area (Å²) in [5.41, 5.74) is 1.82. The molecule has 150 valence electrons. The molecule has 4 rings (SSSR count).